The van der Waals surface area contributed by atoms with Crippen molar-refractivity contribution in [1.29, 1.82) is 0 Å². The molecule has 18 heavy (non-hydrogen) atoms. The predicted molar refractivity (Wildman–Crippen MR) is 71.0 cm³/mol. The smallest absolute Gasteiger partial charge is 0.227 e. The molecule has 0 unspecified atom stereocenters. The van der Waals surface area contributed by atoms with Crippen LogP contribution in [0, 0.1) is 5.92 Å². The maximum absolute atomic E-state index is 12.0. The number of rotatable bonds is 3. The highest BCUT2D eigenvalue weighted by atomic mass is 16.4. The van der Waals surface area contributed by atoms with Crippen LogP contribution in [0.3, 0.4) is 0 Å². The Balaban J connectivity index is 2.07. The van der Waals surface area contributed by atoms with E-state index >= 15 is 0 Å². The second-order valence-electron chi connectivity index (χ2n) is 4.74. The molecular weight excluding hydrogens is 228 g/mol. The Bertz CT molecular complexity index is 463. The third kappa shape index (κ3) is 2.88. The molecule has 1 fully saturated rings. The number of carbonyl (C=O) groups is 1. The first kappa shape index (κ1) is 12.6. The third-order valence-electron chi connectivity index (χ3n) is 3.42. The number of benzene rings is 1. The normalized spacial score (nSPS) is 16.8. The van der Waals surface area contributed by atoms with Crippen molar-refractivity contribution in [3.63, 3.8) is 0 Å². The van der Waals surface area contributed by atoms with Gasteiger partial charge in [0, 0.05) is 17.2 Å². The van der Waals surface area contributed by atoms with E-state index in [2.05, 4.69) is 10.5 Å². The lowest BCUT2D eigenvalue weighted by molar-refractivity contribution is -0.119. The molecule has 2 N–H and O–H groups in total. The molecule has 0 radical (unpaired) electrons. The summed E-state index contributed by atoms with van der Waals surface area (Å²) in [6.07, 6.45) is 4.27. The maximum Gasteiger partial charge on any atom is 0.227 e. The van der Waals surface area contributed by atoms with Gasteiger partial charge in [-0.25, -0.2) is 0 Å². The van der Waals surface area contributed by atoms with E-state index in [1.165, 1.54) is 0 Å². The Labute approximate surface area is 107 Å². The highest BCUT2D eigenvalue weighted by Gasteiger charge is 2.22. The van der Waals surface area contributed by atoms with Crippen molar-refractivity contribution in [2.24, 2.45) is 11.1 Å². The predicted octanol–water partition coefficient (Wildman–Crippen LogP) is 3.01. The molecule has 1 aliphatic carbocycles. The van der Waals surface area contributed by atoms with Crippen LogP contribution in [0.15, 0.2) is 29.4 Å². The molecule has 1 aliphatic rings. The van der Waals surface area contributed by atoms with E-state index in [0.717, 1.165) is 36.9 Å². The zero-order valence-electron chi connectivity index (χ0n) is 10.5. The van der Waals surface area contributed by atoms with Crippen molar-refractivity contribution in [1.82, 2.24) is 0 Å². The van der Waals surface area contributed by atoms with Gasteiger partial charge in [-0.15, -0.1) is 0 Å². The minimum absolute atomic E-state index is 0.100. The van der Waals surface area contributed by atoms with Crippen molar-refractivity contribution in [2.45, 2.75) is 32.6 Å². The molecule has 0 bridgehead atoms. The number of anilines is 1. The van der Waals surface area contributed by atoms with Crippen molar-refractivity contribution in [3.05, 3.63) is 29.8 Å². The summed E-state index contributed by atoms with van der Waals surface area (Å²) in [7, 11) is 0. The van der Waals surface area contributed by atoms with Gasteiger partial charge in [0.05, 0.1) is 5.71 Å². The molecule has 1 aromatic carbocycles. The molecule has 1 saturated carbocycles. The lowest BCUT2D eigenvalue weighted by Gasteiger charge is -2.11. The number of hydrogen-bond donors (Lipinski definition) is 2. The van der Waals surface area contributed by atoms with E-state index in [-0.39, 0.29) is 11.8 Å². The van der Waals surface area contributed by atoms with E-state index in [0.29, 0.717) is 5.71 Å². The Kier molecular flexibility index (Phi) is 3.97. The van der Waals surface area contributed by atoms with Gasteiger partial charge in [0.25, 0.3) is 0 Å². The molecule has 0 aliphatic heterocycles. The molecule has 4 heteroatoms. The fraction of sp³-hybridized carbons (Fsp3) is 0.429. The molecule has 0 heterocycles. The zero-order chi connectivity index (χ0) is 13.0. The number of nitrogens with zero attached hydrogens (tertiary/aromatic N) is 1. The van der Waals surface area contributed by atoms with Crippen molar-refractivity contribution < 1.29 is 10.0 Å². The molecule has 4 nitrogen and oxygen atoms in total. The number of carbonyl (C=O) groups excluding carboxylic acids is 1. The molecule has 2 rings (SSSR count). The molecule has 0 aromatic heterocycles. The molecule has 96 valence electrons. The summed E-state index contributed by atoms with van der Waals surface area (Å²) >= 11 is 0. The van der Waals surface area contributed by atoms with E-state index in [1.807, 2.05) is 24.3 Å². The Morgan fingerprint density at radius 1 is 1.39 bits per heavy atom. The Morgan fingerprint density at radius 2 is 2.11 bits per heavy atom. The summed E-state index contributed by atoms with van der Waals surface area (Å²) < 4.78 is 0. The second-order valence-corrected chi connectivity index (χ2v) is 4.74. The van der Waals surface area contributed by atoms with Crippen LogP contribution >= 0.6 is 0 Å². The molecule has 1 amide bonds. The topological polar surface area (TPSA) is 61.7 Å². The second kappa shape index (κ2) is 5.67. The van der Waals surface area contributed by atoms with Gasteiger partial charge in [0.2, 0.25) is 5.91 Å². The average Bonchev–Trinajstić information content (AvgIpc) is 2.92. The van der Waals surface area contributed by atoms with E-state index < -0.39 is 0 Å². The molecule has 1 aromatic rings. The quantitative estimate of drug-likeness (QED) is 0.489. The number of nitrogens with one attached hydrogen (secondary N) is 1. The van der Waals surface area contributed by atoms with Crippen LogP contribution in [0.5, 0.6) is 0 Å². The fourth-order valence-electron chi connectivity index (χ4n) is 2.31. The van der Waals surface area contributed by atoms with Crippen molar-refractivity contribution >= 4 is 17.3 Å². The van der Waals surface area contributed by atoms with Crippen LogP contribution in [0.25, 0.3) is 0 Å². The van der Waals surface area contributed by atoms with Gasteiger partial charge in [-0.05, 0) is 31.9 Å². The van der Waals surface area contributed by atoms with Crippen molar-refractivity contribution in [3.8, 4) is 0 Å². The first-order valence-electron chi connectivity index (χ1n) is 6.30. The van der Waals surface area contributed by atoms with Crippen molar-refractivity contribution in [2.75, 3.05) is 5.32 Å². The summed E-state index contributed by atoms with van der Waals surface area (Å²) in [6, 6.07) is 7.36. The molecule has 0 atom stereocenters. The monoisotopic (exact) mass is 246 g/mol. The third-order valence-corrected chi connectivity index (χ3v) is 3.42. The van der Waals surface area contributed by atoms with Gasteiger partial charge in [-0.1, -0.05) is 30.1 Å². The van der Waals surface area contributed by atoms with Gasteiger partial charge >= 0.3 is 0 Å². The van der Waals surface area contributed by atoms with E-state index in [9.17, 15) is 4.79 Å². The summed E-state index contributed by atoms with van der Waals surface area (Å²) in [5, 5.41) is 14.8. The maximum atomic E-state index is 12.0. The molecular formula is C14H18N2O2. The van der Waals surface area contributed by atoms with Crippen LogP contribution in [-0.4, -0.2) is 16.8 Å². The number of amides is 1. The SMILES string of the molecule is C/C(=N\O)c1cccc(NC(=O)C2CCCC2)c1. The summed E-state index contributed by atoms with van der Waals surface area (Å²) in [6.45, 7) is 1.72. The fourth-order valence-corrected chi connectivity index (χ4v) is 2.31. The first-order chi connectivity index (χ1) is 8.70. The summed E-state index contributed by atoms with van der Waals surface area (Å²) in [4.78, 5) is 12.0. The van der Waals surface area contributed by atoms with Gasteiger partial charge in [-0.3, -0.25) is 4.79 Å². The lowest BCUT2D eigenvalue weighted by Crippen LogP contribution is -2.20. The van der Waals surface area contributed by atoms with Crippen LogP contribution < -0.4 is 5.32 Å². The largest absolute Gasteiger partial charge is 0.411 e. The highest BCUT2D eigenvalue weighted by molar-refractivity contribution is 6.00. The van der Waals surface area contributed by atoms with E-state index in [1.54, 1.807) is 6.92 Å². The van der Waals surface area contributed by atoms with Gasteiger partial charge in [0.1, 0.15) is 0 Å². The van der Waals surface area contributed by atoms with Crippen LogP contribution in [0.2, 0.25) is 0 Å². The van der Waals surface area contributed by atoms with Crippen LogP contribution in [0.4, 0.5) is 5.69 Å². The summed E-state index contributed by atoms with van der Waals surface area (Å²) in [5.74, 6) is 0.254. The minimum atomic E-state index is 0.100. The van der Waals surface area contributed by atoms with Gasteiger partial charge in [-0.2, -0.15) is 0 Å². The average molecular weight is 246 g/mol. The highest BCUT2D eigenvalue weighted by Crippen LogP contribution is 2.26. The minimum Gasteiger partial charge on any atom is -0.411 e. The Morgan fingerprint density at radius 3 is 2.78 bits per heavy atom. The molecule has 0 spiro atoms. The van der Waals surface area contributed by atoms with Crippen LogP contribution in [0.1, 0.15) is 38.2 Å². The summed E-state index contributed by atoms with van der Waals surface area (Å²) in [5.41, 5.74) is 2.10. The first-order valence-corrected chi connectivity index (χ1v) is 6.30. The standard InChI is InChI=1S/C14H18N2O2/c1-10(16-18)12-7-4-8-13(9-12)15-14(17)11-5-2-3-6-11/h4,7-9,11,18H,2-3,5-6H2,1H3,(H,15,17)/b16-10+. The Hall–Kier alpha value is -1.84. The lowest BCUT2D eigenvalue weighted by atomic mass is 10.1. The number of hydrogen-bond acceptors (Lipinski definition) is 3. The van der Waals surface area contributed by atoms with E-state index in [4.69, 9.17) is 5.21 Å². The van der Waals surface area contributed by atoms with Crippen LogP contribution in [-0.2, 0) is 4.79 Å². The zero-order valence-corrected chi connectivity index (χ0v) is 10.5. The van der Waals surface area contributed by atoms with Gasteiger partial charge in [0.15, 0.2) is 0 Å². The van der Waals surface area contributed by atoms with Gasteiger partial charge < -0.3 is 10.5 Å². The number of oxime groups is 1. The molecule has 0 saturated heterocycles.